The number of amides is 2. The SMILES string of the molecule is CCOC(=O)c1ccc(N2CCN(C(=O)c3ccccc3)CC2)c(NC(=O)c2ccc(C(C)(C)C)cc2)c1. The van der Waals surface area contributed by atoms with Crippen molar-refractivity contribution < 1.29 is 19.1 Å². The zero-order valence-electron chi connectivity index (χ0n) is 22.5. The summed E-state index contributed by atoms with van der Waals surface area (Å²) < 4.78 is 5.18. The van der Waals surface area contributed by atoms with Crippen LogP contribution in [0.3, 0.4) is 0 Å². The molecule has 0 bridgehead atoms. The molecule has 3 aromatic rings. The van der Waals surface area contributed by atoms with Gasteiger partial charge in [0, 0.05) is 37.3 Å². The summed E-state index contributed by atoms with van der Waals surface area (Å²) in [5.41, 5.74) is 4.02. The van der Waals surface area contributed by atoms with Crippen LogP contribution in [0.4, 0.5) is 11.4 Å². The van der Waals surface area contributed by atoms with Crippen molar-refractivity contribution in [1.82, 2.24) is 4.90 Å². The van der Waals surface area contributed by atoms with Crippen LogP contribution in [-0.2, 0) is 10.2 Å². The van der Waals surface area contributed by atoms with Crippen LogP contribution in [-0.4, -0.2) is 55.5 Å². The molecule has 0 aliphatic carbocycles. The third kappa shape index (κ3) is 6.22. The molecule has 0 spiro atoms. The molecule has 0 aromatic heterocycles. The van der Waals surface area contributed by atoms with E-state index in [2.05, 4.69) is 31.0 Å². The second kappa shape index (κ2) is 11.5. The van der Waals surface area contributed by atoms with Crippen LogP contribution in [0.2, 0.25) is 0 Å². The predicted octanol–water partition coefficient (Wildman–Crippen LogP) is 5.38. The molecule has 1 N–H and O–H groups in total. The van der Waals surface area contributed by atoms with Crippen LogP contribution in [0.25, 0.3) is 0 Å². The van der Waals surface area contributed by atoms with Crippen LogP contribution in [0.15, 0.2) is 72.8 Å². The first kappa shape index (κ1) is 26.9. The second-order valence-corrected chi connectivity index (χ2v) is 10.4. The molecular formula is C31H35N3O4. The minimum Gasteiger partial charge on any atom is -0.462 e. The molecule has 3 aromatic carbocycles. The summed E-state index contributed by atoms with van der Waals surface area (Å²) >= 11 is 0. The zero-order chi connectivity index (χ0) is 27.3. The summed E-state index contributed by atoms with van der Waals surface area (Å²) in [6, 6.07) is 22.0. The number of benzene rings is 3. The van der Waals surface area contributed by atoms with Gasteiger partial charge < -0.3 is 19.9 Å². The largest absolute Gasteiger partial charge is 0.462 e. The Kier molecular flexibility index (Phi) is 8.15. The highest BCUT2D eigenvalue weighted by Gasteiger charge is 2.25. The fourth-order valence-electron chi connectivity index (χ4n) is 4.48. The lowest BCUT2D eigenvalue weighted by Gasteiger charge is -2.37. The summed E-state index contributed by atoms with van der Waals surface area (Å²) in [6.07, 6.45) is 0. The standard InChI is InChI=1S/C31H35N3O4/c1-5-38-30(37)24-13-16-27(33-17-19-34(20-18-33)29(36)23-9-7-6-8-10-23)26(21-24)32-28(35)22-11-14-25(15-12-22)31(2,3)4/h6-16,21H,5,17-20H2,1-4H3,(H,32,35). The number of piperazine rings is 1. The number of anilines is 2. The Bertz CT molecular complexity index is 1290. The van der Waals surface area contributed by atoms with Gasteiger partial charge in [0.2, 0.25) is 0 Å². The van der Waals surface area contributed by atoms with Crippen molar-refractivity contribution in [2.24, 2.45) is 0 Å². The van der Waals surface area contributed by atoms with Crippen molar-refractivity contribution in [3.8, 4) is 0 Å². The van der Waals surface area contributed by atoms with Crippen LogP contribution < -0.4 is 10.2 Å². The molecule has 1 fully saturated rings. The quantitative estimate of drug-likeness (QED) is 0.448. The molecule has 4 rings (SSSR count). The molecule has 7 heteroatoms. The van der Waals surface area contributed by atoms with E-state index in [0.717, 1.165) is 11.3 Å². The summed E-state index contributed by atoms with van der Waals surface area (Å²) in [4.78, 5) is 42.5. The molecule has 7 nitrogen and oxygen atoms in total. The Labute approximate surface area is 224 Å². The Balaban J connectivity index is 1.54. The van der Waals surface area contributed by atoms with E-state index in [1.165, 1.54) is 0 Å². The van der Waals surface area contributed by atoms with Crippen molar-refractivity contribution in [2.45, 2.75) is 33.1 Å². The van der Waals surface area contributed by atoms with Crippen molar-refractivity contribution in [1.29, 1.82) is 0 Å². The predicted molar refractivity (Wildman–Crippen MR) is 150 cm³/mol. The molecule has 38 heavy (non-hydrogen) atoms. The van der Waals surface area contributed by atoms with E-state index in [1.54, 1.807) is 19.1 Å². The van der Waals surface area contributed by atoms with Crippen LogP contribution in [0, 0.1) is 0 Å². The molecule has 0 atom stereocenters. The lowest BCUT2D eigenvalue weighted by atomic mass is 9.87. The second-order valence-electron chi connectivity index (χ2n) is 10.4. The number of hydrogen-bond acceptors (Lipinski definition) is 5. The van der Waals surface area contributed by atoms with E-state index in [0.29, 0.717) is 48.6 Å². The lowest BCUT2D eigenvalue weighted by molar-refractivity contribution is 0.0526. The van der Waals surface area contributed by atoms with Gasteiger partial charge in [-0.25, -0.2) is 4.79 Å². The van der Waals surface area contributed by atoms with Gasteiger partial charge in [-0.15, -0.1) is 0 Å². The zero-order valence-corrected chi connectivity index (χ0v) is 22.5. The normalized spacial score (nSPS) is 13.7. The molecular weight excluding hydrogens is 478 g/mol. The highest BCUT2D eigenvalue weighted by atomic mass is 16.5. The van der Waals surface area contributed by atoms with Gasteiger partial charge in [-0.3, -0.25) is 9.59 Å². The molecule has 0 radical (unpaired) electrons. The van der Waals surface area contributed by atoms with Gasteiger partial charge in [0.25, 0.3) is 11.8 Å². The van der Waals surface area contributed by atoms with Gasteiger partial charge in [0.1, 0.15) is 0 Å². The fraction of sp³-hybridized carbons (Fsp3) is 0.323. The van der Waals surface area contributed by atoms with Crippen LogP contribution in [0.1, 0.15) is 64.3 Å². The van der Waals surface area contributed by atoms with Crippen molar-refractivity contribution in [2.75, 3.05) is 43.0 Å². The minimum absolute atomic E-state index is 0.00939. The highest BCUT2D eigenvalue weighted by molar-refractivity contribution is 6.07. The average molecular weight is 514 g/mol. The molecule has 0 unspecified atom stereocenters. The monoisotopic (exact) mass is 513 g/mol. The van der Waals surface area contributed by atoms with Crippen molar-refractivity contribution >= 4 is 29.2 Å². The fourth-order valence-corrected chi connectivity index (χ4v) is 4.48. The van der Waals surface area contributed by atoms with E-state index in [4.69, 9.17) is 4.74 Å². The first-order valence-corrected chi connectivity index (χ1v) is 13.0. The summed E-state index contributed by atoms with van der Waals surface area (Å²) in [5, 5.41) is 3.01. The van der Waals surface area contributed by atoms with Gasteiger partial charge >= 0.3 is 5.97 Å². The number of hydrogen-bond donors (Lipinski definition) is 1. The Morgan fingerprint density at radius 1 is 0.816 bits per heavy atom. The Hall–Kier alpha value is -4.13. The summed E-state index contributed by atoms with van der Waals surface area (Å²) in [5.74, 6) is -0.692. The number of nitrogens with zero attached hydrogens (tertiary/aromatic N) is 2. The van der Waals surface area contributed by atoms with Gasteiger partial charge in [-0.05, 0) is 60.4 Å². The number of esters is 1. The molecule has 2 amide bonds. The van der Waals surface area contributed by atoms with Crippen LogP contribution in [0.5, 0.6) is 0 Å². The van der Waals surface area contributed by atoms with Crippen molar-refractivity contribution in [3.63, 3.8) is 0 Å². The average Bonchev–Trinajstić information content (AvgIpc) is 2.93. The number of rotatable bonds is 6. The summed E-state index contributed by atoms with van der Waals surface area (Å²) in [7, 11) is 0. The molecule has 1 heterocycles. The maximum atomic E-state index is 13.2. The maximum Gasteiger partial charge on any atom is 0.338 e. The molecule has 1 aliphatic heterocycles. The lowest BCUT2D eigenvalue weighted by Crippen LogP contribution is -2.49. The van der Waals surface area contributed by atoms with E-state index in [1.807, 2.05) is 65.6 Å². The van der Waals surface area contributed by atoms with E-state index >= 15 is 0 Å². The topological polar surface area (TPSA) is 79.0 Å². The van der Waals surface area contributed by atoms with E-state index < -0.39 is 5.97 Å². The van der Waals surface area contributed by atoms with E-state index in [-0.39, 0.29) is 23.8 Å². The van der Waals surface area contributed by atoms with Crippen molar-refractivity contribution in [3.05, 3.63) is 95.1 Å². The number of carbonyl (C=O) groups excluding carboxylic acids is 3. The Morgan fingerprint density at radius 2 is 1.45 bits per heavy atom. The minimum atomic E-state index is -0.442. The van der Waals surface area contributed by atoms with Gasteiger partial charge in [0.15, 0.2) is 0 Å². The number of carbonyl (C=O) groups is 3. The maximum absolute atomic E-state index is 13.2. The number of nitrogens with one attached hydrogen (secondary N) is 1. The Morgan fingerprint density at radius 3 is 2.05 bits per heavy atom. The van der Waals surface area contributed by atoms with Crippen LogP contribution >= 0.6 is 0 Å². The summed E-state index contributed by atoms with van der Waals surface area (Å²) in [6.45, 7) is 10.7. The molecule has 1 saturated heterocycles. The number of ether oxygens (including phenoxy) is 1. The first-order valence-electron chi connectivity index (χ1n) is 13.0. The molecule has 198 valence electrons. The first-order chi connectivity index (χ1) is 18.2. The highest BCUT2D eigenvalue weighted by Crippen LogP contribution is 2.30. The smallest absolute Gasteiger partial charge is 0.338 e. The molecule has 1 aliphatic rings. The third-order valence-electron chi connectivity index (χ3n) is 6.70. The van der Waals surface area contributed by atoms with E-state index in [9.17, 15) is 14.4 Å². The molecule has 0 saturated carbocycles. The van der Waals surface area contributed by atoms with Gasteiger partial charge in [-0.2, -0.15) is 0 Å². The third-order valence-corrected chi connectivity index (χ3v) is 6.70. The van der Waals surface area contributed by atoms with Gasteiger partial charge in [0.05, 0.1) is 23.5 Å². The van der Waals surface area contributed by atoms with Gasteiger partial charge in [-0.1, -0.05) is 51.1 Å².